The summed E-state index contributed by atoms with van der Waals surface area (Å²) in [6.07, 6.45) is 1.84. The Morgan fingerprint density at radius 3 is 2.38 bits per heavy atom. The highest BCUT2D eigenvalue weighted by molar-refractivity contribution is 14.1. The molecule has 1 unspecified atom stereocenters. The van der Waals surface area contributed by atoms with Crippen molar-refractivity contribution in [3.05, 3.63) is 154 Å². The number of carbonyl (C=O) groups is 1. The van der Waals surface area contributed by atoms with Gasteiger partial charge in [-0.1, -0.05) is 89.7 Å². The van der Waals surface area contributed by atoms with Crippen molar-refractivity contribution in [1.29, 1.82) is 0 Å². The third-order valence-electron chi connectivity index (χ3n) is 7.47. The summed E-state index contributed by atoms with van der Waals surface area (Å²) in [5.74, 6) is 0.919. The maximum absolute atomic E-state index is 14.1. The molecular weight excluding hydrogens is 697 g/mol. The molecular formula is C36H30IN3O4S. The summed E-state index contributed by atoms with van der Waals surface area (Å²) >= 11 is 3.52. The summed E-state index contributed by atoms with van der Waals surface area (Å²) in [6.45, 7) is 4.23. The molecule has 226 valence electrons. The molecule has 1 amide bonds. The largest absolute Gasteiger partial charge is 0.493 e. The molecule has 4 aromatic carbocycles. The van der Waals surface area contributed by atoms with Crippen LogP contribution in [0.15, 0.2) is 118 Å². The predicted molar refractivity (Wildman–Crippen MR) is 187 cm³/mol. The van der Waals surface area contributed by atoms with Crippen molar-refractivity contribution < 1.29 is 14.3 Å². The fraction of sp³-hybridized carbons (Fsp3) is 0.139. The Kier molecular flexibility index (Phi) is 8.99. The van der Waals surface area contributed by atoms with Gasteiger partial charge in [-0.15, -0.1) is 0 Å². The Bertz CT molecular complexity index is 2090. The second-order valence-electron chi connectivity index (χ2n) is 10.6. The first-order valence-corrected chi connectivity index (χ1v) is 16.2. The molecule has 1 N–H and O–H groups in total. The third-order valence-corrected chi connectivity index (χ3v) is 9.25. The highest BCUT2D eigenvalue weighted by Crippen LogP contribution is 2.35. The number of halogens is 1. The zero-order valence-corrected chi connectivity index (χ0v) is 27.9. The van der Waals surface area contributed by atoms with E-state index in [0.29, 0.717) is 44.4 Å². The van der Waals surface area contributed by atoms with Gasteiger partial charge in [0.05, 0.1) is 32.5 Å². The lowest BCUT2D eigenvalue weighted by Gasteiger charge is -2.25. The number of nitrogens with one attached hydrogen (secondary N) is 1. The standard InChI is InChI=1S/C36H30IN3O4S/c1-22-14-16-26(17-15-22)32-31(34(41)39-27-12-8-5-9-13-27)23(2)38-36-40(32)35(42)30(45-36)20-25-18-28(37)33(29(19-25)43-3)44-21-24-10-6-4-7-11-24/h4-20,32H,21H2,1-3H3,(H,39,41)/b30-20-. The summed E-state index contributed by atoms with van der Waals surface area (Å²) < 4.78 is 14.8. The SMILES string of the molecule is COc1cc(/C=c2\sc3n(c2=O)C(c2ccc(C)cc2)C(C(=O)Nc2ccccc2)=C(C)N=3)cc(I)c1OCc1ccccc1. The molecule has 0 fully saturated rings. The molecule has 45 heavy (non-hydrogen) atoms. The zero-order valence-electron chi connectivity index (χ0n) is 24.9. The Balaban J connectivity index is 1.41. The number of amides is 1. The van der Waals surface area contributed by atoms with Gasteiger partial charge in [0.15, 0.2) is 16.3 Å². The van der Waals surface area contributed by atoms with E-state index < -0.39 is 6.04 Å². The number of para-hydroxylation sites is 1. The number of hydrogen-bond donors (Lipinski definition) is 1. The van der Waals surface area contributed by atoms with Gasteiger partial charge in [-0.2, -0.15) is 0 Å². The Labute approximate surface area is 278 Å². The summed E-state index contributed by atoms with van der Waals surface area (Å²) in [5, 5.41) is 2.99. The van der Waals surface area contributed by atoms with Crippen LogP contribution < -0.4 is 29.7 Å². The van der Waals surface area contributed by atoms with E-state index in [-0.39, 0.29) is 11.5 Å². The summed E-state index contributed by atoms with van der Waals surface area (Å²) in [6, 6.07) is 30.3. The van der Waals surface area contributed by atoms with Crippen molar-refractivity contribution in [3.8, 4) is 11.5 Å². The van der Waals surface area contributed by atoms with Gasteiger partial charge in [-0.25, -0.2) is 4.99 Å². The molecule has 5 aromatic rings. The lowest BCUT2D eigenvalue weighted by Crippen LogP contribution is -2.40. The van der Waals surface area contributed by atoms with Crippen LogP contribution in [-0.2, 0) is 11.4 Å². The molecule has 0 aliphatic carbocycles. The van der Waals surface area contributed by atoms with Crippen LogP contribution >= 0.6 is 33.9 Å². The second-order valence-corrected chi connectivity index (χ2v) is 12.8. The number of anilines is 1. The van der Waals surface area contributed by atoms with Crippen LogP contribution in [0.25, 0.3) is 6.08 Å². The number of rotatable bonds is 8. The van der Waals surface area contributed by atoms with Crippen LogP contribution in [0.3, 0.4) is 0 Å². The predicted octanol–water partition coefficient (Wildman–Crippen LogP) is 6.37. The molecule has 0 spiro atoms. The van der Waals surface area contributed by atoms with Crippen molar-refractivity contribution in [2.45, 2.75) is 26.5 Å². The van der Waals surface area contributed by atoms with Crippen molar-refractivity contribution in [2.75, 3.05) is 12.4 Å². The minimum atomic E-state index is -0.642. The molecule has 1 aliphatic heterocycles. The minimum Gasteiger partial charge on any atom is -0.493 e. The topological polar surface area (TPSA) is 81.9 Å². The van der Waals surface area contributed by atoms with E-state index >= 15 is 0 Å². The highest BCUT2D eigenvalue weighted by atomic mass is 127. The number of ether oxygens (including phenoxy) is 2. The smallest absolute Gasteiger partial charge is 0.271 e. The van der Waals surface area contributed by atoms with Gasteiger partial charge in [0.25, 0.3) is 11.5 Å². The molecule has 6 rings (SSSR count). The van der Waals surface area contributed by atoms with Crippen molar-refractivity contribution >= 4 is 51.6 Å². The lowest BCUT2D eigenvalue weighted by atomic mass is 9.94. The molecule has 0 bridgehead atoms. The van der Waals surface area contributed by atoms with Crippen LogP contribution in [0.4, 0.5) is 5.69 Å². The number of fused-ring (bicyclic) bond motifs is 1. The second kappa shape index (κ2) is 13.3. The molecule has 2 heterocycles. The minimum absolute atomic E-state index is 0.222. The summed E-state index contributed by atoms with van der Waals surface area (Å²) in [4.78, 5) is 33.2. The van der Waals surface area contributed by atoms with Crippen molar-refractivity contribution in [2.24, 2.45) is 4.99 Å². The van der Waals surface area contributed by atoms with Crippen LogP contribution in [0, 0.1) is 10.5 Å². The average molecular weight is 728 g/mol. The van der Waals surface area contributed by atoms with Crippen LogP contribution in [0.1, 0.15) is 35.2 Å². The molecule has 1 aliphatic rings. The van der Waals surface area contributed by atoms with E-state index in [4.69, 9.17) is 14.5 Å². The van der Waals surface area contributed by atoms with E-state index in [9.17, 15) is 9.59 Å². The lowest BCUT2D eigenvalue weighted by molar-refractivity contribution is -0.113. The fourth-order valence-electron chi connectivity index (χ4n) is 5.24. The first kappa shape index (κ1) is 30.5. The summed E-state index contributed by atoms with van der Waals surface area (Å²) in [5.41, 5.74) is 5.20. The average Bonchev–Trinajstić information content (AvgIpc) is 3.34. The zero-order chi connectivity index (χ0) is 31.5. The normalized spacial score (nSPS) is 14.5. The van der Waals surface area contributed by atoms with Gasteiger partial charge in [0.1, 0.15) is 6.61 Å². The Hall–Kier alpha value is -4.48. The van der Waals surface area contributed by atoms with E-state index in [1.165, 1.54) is 11.3 Å². The molecule has 0 saturated heterocycles. The Morgan fingerprint density at radius 1 is 1.00 bits per heavy atom. The molecule has 7 nitrogen and oxygen atoms in total. The molecule has 9 heteroatoms. The number of allylic oxidation sites excluding steroid dienone is 1. The Morgan fingerprint density at radius 2 is 1.69 bits per heavy atom. The molecule has 1 atom stereocenters. The van der Waals surface area contributed by atoms with Gasteiger partial charge < -0.3 is 14.8 Å². The molecule has 1 aromatic heterocycles. The number of thiazole rings is 1. The van der Waals surface area contributed by atoms with Crippen LogP contribution in [-0.4, -0.2) is 17.6 Å². The maximum Gasteiger partial charge on any atom is 0.271 e. The van der Waals surface area contributed by atoms with E-state index in [0.717, 1.165) is 25.8 Å². The number of carbonyl (C=O) groups excluding carboxylic acids is 1. The van der Waals surface area contributed by atoms with E-state index in [2.05, 4.69) is 27.9 Å². The number of methoxy groups -OCH3 is 1. The van der Waals surface area contributed by atoms with Crippen molar-refractivity contribution in [3.63, 3.8) is 0 Å². The third kappa shape index (κ3) is 6.50. The van der Waals surface area contributed by atoms with Gasteiger partial charge >= 0.3 is 0 Å². The summed E-state index contributed by atoms with van der Waals surface area (Å²) in [7, 11) is 1.60. The first-order chi connectivity index (χ1) is 21.8. The van der Waals surface area contributed by atoms with Crippen LogP contribution in [0.5, 0.6) is 11.5 Å². The number of aryl methyl sites for hydroxylation is 1. The maximum atomic E-state index is 14.1. The molecule has 0 radical (unpaired) electrons. The van der Waals surface area contributed by atoms with Gasteiger partial charge in [-0.05, 0) is 83.5 Å². The van der Waals surface area contributed by atoms with Gasteiger partial charge in [0.2, 0.25) is 0 Å². The highest BCUT2D eigenvalue weighted by Gasteiger charge is 2.32. The monoisotopic (exact) mass is 727 g/mol. The number of nitrogens with zero attached hydrogens (tertiary/aromatic N) is 2. The number of benzene rings is 4. The van der Waals surface area contributed by atoms with Crippen LogP contribution in [0.2, 0.25) is 0 Å². The van der Waals surface area contributed by atoms with E-state index in [1.807, 2.05) is 117 Å². The molecule has 0 saturated carbocycles. The first-order valence-electron chi connectivity index (χ1n) is 14.3. The van der Waals surface area contributed by atoms with Crippen molar-refractivity contribution in [1.82, 2.24) is 4.57 Å². The van der Waals surface area contributed by atoms with Gasteiger partial charge in [0, 0.05) is 5.69 Å². The number of aromatic nitrogens is 1. The quantitative estimate of drug-likeness (QED) is 0.189. The number of hydrogen-bond acceptors (Lipinski definition) is 6. The fourth-order valence-corrected chi connectivity index (χ4v) is 7.07. The van der Waals surface area contributed by atoms with Gasteiger partial charge in [-0.3, -0.25) is 14.2 Å². The van der Waals surface area contributed by atoms with E-state index in [1.54, 1.807) is 11.7 Å².